The molecule has 1 aromatic heterocycles. The Balaban J connectivity index is 2.54. The summed E-state index contributed by atoms with van der Waals surface area (Å²) < 4.78 is 1.66. The molecular formula is C11H20N4O. The molecule has 0 saturated heterocycles. The summed E-state index contributed by atoms with van der Waals surface area (Å²) in [5.74, 6) is 0.990. The van der Waals surface area contributed by atoms with Crippen LogP contribution >= 0.6 is 0 Å². The van der Waals surface area contributed by atoms with Crippen LogP contribution in [0, 0.1) is 12.8 Å². The lowest BCUT2D eigenvalue weighted by molar-refractivity contribution is -0.117. The molecule has 0 aliphatic rings. The Morgan fingerprint density at radius 3 is 2.81 bits per heavy atom. The van der Waals surface area contributed by atoms with E-state index in [1.54, 1.807) is 4.68 Å². The van der Waals surface area contributed by atoms with Crippen molar-refractivity contribution >= 4 is 11.7 Å². The van der Waals surface area contributed by atoms with Gasteiger partial charge in [-0.05, 0) is 19.4 Å². The lowest BCUT2D eigenvalue weighted by Crippen LogP contribution is -2.22. The SMILES string of the molecule is CCC(CN)CC(=O)Nc1cc(C)nn1C. The van der Waals surface area contributed by atoms with E-state index in [2.05, 4.69) is 10.4 Å². The number of aryl methyl sites for hydroxylation is 2. The molecule has 0 spiro atoms. The topological polar surface area (TPSA) is 72.9 Å². The quantitative estimate of drug-likeness (QED) is 0.785. The molecule has 1 aromatic rings. The van der Waals surface area contributed by atoms with Gasteiger partial charge in [0.25, 0.3) is 0 Å². The number of hydrogen-bond donors (Lipinski definition) is 2. The van der Waals surface area contributed by atoms with Crippen molar-refractivity contribution < 1.29 is 4.79 Å². The normalized spacial score (nSPS) is 12.5. The second-order valence-electron chi connectivity index (χ2n) is 4.06. The van der Waals surface area contributed by atoms with Crippen molar-refractivity contribution in [2.24, 2.45) is 18.7 Å². The number of aromatic nitrogens is 2. The van der Waals surface area contributed by atoms with Crippen molar-refractivity contribution in [2.45, 2.75) is 26.7 Å². The number of hydrogen-bond acceptors (Lipinski definition) is 3. The third kappa shape index (κ3) is 3.34. The Bertz CT molecular complexity index is 355. The number of rotatable bonds is 5. The van der Waals surface area contributed by atoms with Crippen LogP contribution in [0.25, 0.3) is 0 Å². The molecule has 3 N–H and O–H groups in total. The van der Waals surface area contributed by atoms with Crippen LogP contribution in [0.5, 0.6) is 0 Å². The highest BCUT2D eigenvalue weighted by atomic mass is 16.1. The number of anilines is 1. The first-order valence-corrected chi connectivity index (χ1v) is 5.57. The van der Waals surface area contributed by atoms with E-state index in [1.165, 1.54) is 0 Å². The average molecular weight is 224 g/mol. The summed E-state index contributed by atoms with van der Waals surface area (Å²) in [6.07, 6.45) is 1.39. The zero-order valence-corrected chi connectivity index (χ0v) is 10.2. The van der Waals surface area contributed by atoms with Crippen LogP contribution in [0.4, 0.5) is 5.82 Å². The number of nitrogens with one attached hydrogen (secondary N) is 1. The smallest absolute Gasteiger partial charge is 0.225 e. The minimum absolute atomic E-state index is 0.000278. The first kappa shape index (κ1) is 12.7. The second kappa shape index (κ2) is 5.65. The van der Waals surface area contributed by atoms with Gasteiger partial charge in [-0.15, -0.1) is 0 Å². The summed E-state index contributed by atoms with van der Waals surface area (Å²) in [6, 6.07) is 1.85. The van der Waals surface area contributed by atoms with E-state index in [1.807, 2.05) is 27.0 Å². The van der Waals surface area contributed by atoms with Crippen molar-refractivity contribution in [1.29, 1.82) is 0 Å². The second-order valence-corrected chi connectivity index (χ2v) is 4.06. The van der Waals surface area contributed by atoms with Crippen molar-refractivity contribution in [2.75, 3.05) is 11.9 Å². The summed E-state index contributed by atoms with van der Waals surface area (Å²) in [5, 5.41) is 7.00. The molecule has 5 nitrogen and oxygen atoms in total. The molecule has 0 fully saturated rings. The molecule has 1 heterocycles. The van der Waals surface area contributed by atoms with E-state index in [4.69, 9.17) is 5.73 Å². The highest BCUT2D eigenvalue weighted by Gasteiger charge is 2.12. The summed E-state index contributed by atoms with van der Waals surface area (Å²) in [4.78, 5) is 11.7. The van der Waals surface area contributed by atoms with Gasteiger partial charge in [-0.25, -0.2) is 0 Å². The maximum atomic E-state index is 11.7. The van der Waals surface area contributed by atoms with Crippen molar-refractivity contribution in [3.05, 3.63) is 11.8 Å². The first-order chi connectivity index (χ1) is 7.56. The minimum Gasteiger partial charge on any atom is -0.330 e. The Hall–Kier alpha value is -1.36. The summed E-state index contributed by atoms with van der Waals surface area (Å²) in [6.45, 7) is 4.48. The molecule has 90 valence electrons. The van der Waals surface area contributed by atoms with Crippen LogP contribution < -0.4 is 11.1 Å². The Labute approximate surface area is 96.0 Å². The maximum Gasteiger partial charge on any atom is 0.225 e. The highest BCUT2D eigenvalue weighted by Crippen LogP contribution is 2.11. The fraction of sp³-hybridized carbons (Fsp3) is 0.636. The molecule has 0 saturated carbocycles. The van der Waals surface area contributed by atoms with Crippen LogP contribution in [0.1, 0.15) is 25.5 Å². The molecule has 1 rings (SSSR count). The summed E-state index contributed by atoms with van der Waals surface area (Å²) >= 11 is 0. The molecule has 1 amide bonds. The van der Waals surface area contributed by atoms with Crippen molar-refractivity contribution in [3.8, 4) is 0 Å². The van der Waals surface area contributed by atoms with Crippen molar-refractivity contribution in [3.63, 3.8) is 0 Å². The van der Waals surface area contributed by atoms with E-state index >= 15 is 0 Å². The molecule has 0 radical (unpaired) electrons. The number of nitrogens with zero attached hydrogens (tertiary/aromatic N) is 2. The number of carbonyl (C=O) groups excluding carboxylic acids is 1. The zero-order chi connectivity index (χ0) is 12.1. The predicted molar refractivity (Wildman–Crippen MR) is 64.0 cm³/mol. The molecule has 1 atom stereocenters. The summed E-state index contributed by atoms with van der Waals surface area (Å²) in [5.41, 5.74) is 6.45. The molecular weight excluding hydrogens is 204 g/mol. The lowest BCUT2D eigenvalue weighted by Gasteiger charge is -2.11. The lowest BCUT2D eigenvalue weighted by atomic mass is 10.0. The van der Waals surface area contributed by atoms with Crippen molar-refractivity contribution in [1.82, 2.24) is 9.78 Å². The molecule has 0 bridgehead atoms. The number of amides is 1. The Morgan fingerprint density at radius 2 is 2.38 bits per heavy atom. The van der Waals surface area contributed by atoms with E-state index in [0.29, 0.717) is 13.0 Å². The average Bonchev–Trinajstić information content (AvgIpc) is 2.54. The summed E-state index contributed by atoms with van der Waals surface area (Å²) in [7, 11) is 1.81. The van der Waals surface area contributed by atoms with Gasteiger partial charge in [-0.2, -0.15) is 5.10 Å². The van der Waals surface area contributed by atoms with Gasteiger partial charge in [-0.3, -0.25) is 9.48 Å². The van der Waals surface area contributed by atoms with Gasteiger partial charge >= 0.3 is 0 Å². The van der Waals surface area contributed by atoms with Crippen LogP contribution in [0.15, 0.2) is 6.07 Å². The van der Waals surface area contributed by atoms with Gasteiger partial charge < -0.3 is 11.1 Å². The van der Waals surface area contributed by atoms with Gasteiger partial charge in [0, 0.05) is 19.5 Å². The van der Waals surface area contributed by atoms with E-state index in [9.17, 15) is 4.79 Å². The third-order valence-corrected chi connectivity index (χ3v) is 2.65. The monoisotopic (exact) mass is 224 g/mol. The van der Waals surface area contributed by atoms with Gasteiger partial charge in [-0.1, -0.05) is 13.3 Å². The van der Waals surface area contributed by atoms with Crippen LogP contribution in [0.2, 0.25) is 0 Å². The predicted octanol–water partition coefficient (Wildman–Crippen LogP) is 1.04. The van der Waals surface area contributed by atoms with Gasteiger partial charge in [0.15, 0.2) is 0 Å². The molecule has 0 aliphatic carbocycles. The Kier molecular flexibility index (Phi) is 4.49. The largest absolute Gasteiger partial charge is 0.330 e. The Morgan fingerprint density at radius 1 is 1.69 bits per heavy atom. The van der Waals surface area contributed by atoms with Crippen LogP contribution in [-0.2, 0) is 11.8 Å². The zero-order valence-electron chi connectivity index (χ0n) is 10.2. The molecule has 0 aromatic carbocycles. The molecule has 1 unspecified atom stereocenters. The molecule has 16 heavy (non-hydrogen) atoms. The minimum atomic E-state index is 0.000278. The van der Waals surface area contributed by atoms with E-state index in [-0.39, 0.29) is 11.8 Å². The fourth-order valence-electron chi connectivity index (χ4n) is 1.58. The van der Waals surface area contributed by atoms with Crippen LogP contribution in [-0.4, -0.2) is 22.2 Å². The van der Waals surface area contributed by atoms with Gasteiger partial charge in [0.2, 0.25) is 5.91 Å². The van der Waals surface area contributed by atoms with Gasteiger partial charge in [0.1, 0.15) is 5.82 Å². The number of carbonyl (C=O) groups is 1. The first-order valence-electron chi connectivity index (χ1n) is 5.57. The molecule has 0 aliphatic heterocycles. The molecule has 5 heteroatoms. The third-order valence-electron chi connectivity index (χ3n) is 2.65. The maximum absolute atomic E-state index is 11.7. The standard InChI is InChI=1S/C11H20N4O/c1-4-9(7-12)6-11(16)13-10-5-8(2)14-15(10)3/h5,9H,4,6-7,12H2,1-3H3,(H,13,16). The van der Waals surface area contributed by atoms with E-state index in [0.717, 1.165) is 17.9 Å². The number of nitrogens with two attached hydrogens (primary N) is 1. The highest BCUT2D eigenvalue weighted by molar-refractivity contribution is 5.90. The fourth-order valence-corrected chi connectivity index (χ4v) is 1.58. The van der Waals surface area contributed by atoms with Crippen LogP contribution in [0.3, 0.4) is 0 Å². The van der Waals surface area contributed by atoms with E-state index < -0.39 is 0 Å². The van der Waals surface area contributed by atoms with Gasteiger partial charge in [0.05, 0.1) is 5.69 Å².